The van der Waals surface area contributed by atoms with E-state index in [9.17, 15) is 14.9 Å². The van der Waals surface area contributed by atoms with E-state index in [0.29, 0.717) is 11.6 Å². The summed E-state index contributed by atoms with van der Waals surface area (Å²) in [5.74, 6) is -0.568. The summed E-state index contributed by atoms with van der Waals surface area (Å²) in [7, 11) is 1.27. The van der Waals surface area contributed by atoms with Crippen LogP contribution in [0.15, 0.2) is 54.6 Å². The standard InChI is InChI=1S/C22H22N2O4/c1-28-22(25)16-7-10-20(21(13-16)24(26)27)17-11-18-8-9-19(12-17)23(18)14-15-5-3-2-4-6-15/h2-7,10-11,13,18-19H,8-9,12,14H2,1H3. The average Bonchev–Trinajstić information content (AvgIpc) is 2.95. The molecule has 2 aliphatic heterocycles. The molecule has 6 nitrogen and oxygen atoms in total. The lowest BCUT2D eigenvalue weighted by Crippen LogP contribution is -2.37. The summed E-state index contributed by atoms with van der Waals surface area (Å²) < 4.78 is 4.69. The van der Waals surface area contributed by atoms with E-state index in [4.69, 9.17) is 0 Å². The molecule has 0 saturated carbocycles. The zero-order valence-corrected chi connectivity index (χ0v) is 15.7. The Kier molecular flexibility index (Phi) is 4.96. The van der Waals surface area contributed by atoms with Crippen molar-refractivity contribution >= 4 is 17.2 Å². The molecule has 0 aromatic heterocycles. The van der Waals surface area contributed by atoms with Gasteiger partial charge in [-0.05, 0) is 42.5 Å². The molecule has 4 rings (SSSR count). The third-order valence-electron chi connectivity index (χ3n) is 5.71. The van der Waals surface area contributed by atoms with Crippen molar-refractivity contribution in [1.29, 1.82) is 0 Å². The van der Waals surface area contributed by atoms with Crippen molar-refractivity contribution in [2.45, 2.75) is 37.9 Å². The number of esters is 1. The van der Waals surface area contributed by atoms with Gasteiger partial charge in [-0.25, -0.2) is 4.79 Å². The Morgan fingerprint density at radius 2 is 2.00 bits per heavy atom. The van der Waals surface area contributed by atoms with Gasteiger partial charge in [0, 0.05) is 24.7 Å². The zero-order valence-electron chi connectivity index (χ0n) is 15.7. The summed E-state index contributed by atoms with van der Waals surface area (Å²) in [5, 5.41) is 11.6. The first-order chi connectivity index (χ1) is 13.6. The van der Waals surface area contributed by atoms with Gasteiger partial charge in [-0.15, -0.1) is 0 Å². The molecule has 0 aliphatic carbocycles. The monoisotopic (exact) mass is 378 g/mol. The van der Waals surface area contributed by atoms with Crippen LogP contribution < -0.4 is 0 Å². The number of benzene rings is 2. The topological polar surface area (TPSA) is 72.7 Å². The Labute approximate surface area is 163 Å². The summed E-state index contributed by atoms with van der Waals surface area (Å²) in [6, 6.07) is 15.7. The smallest absolute Gasteiger partial charge is 0.338 e. The first kappa shape index (κ1) is 18.4. The number of carbonyl (C=O) groups is 1. The maximum atomic E-state index is 11.7. The van der Waals surface area contributed by atoms with Crippen molar-refractivity contribution in [3.8, 4) is 0 Å². The van der Waals surface area contributed by atoms with E-state index in [1.807, 2.05) is 6.07 Å². The van der Waals surface area contributed by atoms with Gasteiger partial charge >= 0.3 is 5.97 Å². The Morgan fingerprint density at radius 3 is 2.68 bits per heavy atom. The maximum absolute atomic E-state index is 11.7. The Balaban J connectivity index is 1.63. The molecule has 144 valence electrons. The van der Waals surface area contributed by atoms with Gasteiger partial charge in [-0.2, -0.15) is 0 Å². The molecule has 1 saturated heterocycles. The van der Waals surface area contributed by atoms with Gasteiger partial charge in [-0.1, -0.05) is 36.4 Å². The summed E-state index contributed by atoms with van der Waals surface area (Å²) >= 11 is 0. The number of hydrogen-bond donors (Lipinski definition) is 0. The second kappa shape index (κ2) is 7.56. The molecule has 0 amide bonds. The predicted molar refractivity (Wildman–Crippen MR) is 106 cm³/mol. The van der Waals surface area contributed by atoms with Crippen molar-refractivity contribution in [2.24, 2.45) is 0 Å². The van der Waals surface area contributed by atoms with E-state index in [-0.39, 0.29) is 17.3 Å². The second-order valence-corrected chi connectivity index (χ2v) is 7.33. The van der Waals surface area contributed by atoms with Crippen molar-refractivity contribution in [1.82, 2.24) is 4.90 Å². The Bertz CT molecular complexity index is 939. The third kappa shape index (κ3) is 3.43. The summed E-state index contributed by atoms with van der Waals surface area (Å²) in [6.45, 7) is 0.892. The largest absolute Gasteiger partial charge is 0.465 e. The molecule has 0 spiro atoms. The first-order valence-electron chi connectivity index (χ1n) is 9.44. The van der Waals surface area contributed by atoms with Crippen LogP contribution >= 0.6 is 0 Å². The molecule has 6 heteroatoms. The summed E-state index contributed by atoms with van der Waals surface area (Å²) in [6.07, 6.45) is 5.11. The van der Waals surface area contributed by atoms with Gasteiger partial charge < -0.3 is 4.74 Å². The van der Waals surface area contributed by atoms with Crippen LogP contribution in [0.5, 0.6) is 0 Å². The summed E-state index contributed by atoms with van der Waals surface area (Å²) in [4.78, 5) is 25.4. The minimum absolute atomic E-state index is 0.0370. The van der Waals surface area contributed by atoms with Crippen LogP contribution in [0, 0.1) is 10.1 Å². The molecule has 2 aromatic rings. The molecule has 1 fully saturated rings. The summed E-state index contributed by atoms with van der Waals surface area (Å²) in [5.41, 5.74) is 3.05. The van der Waals surface area contributed by atoms with E-state index in [1.54, 1.807) is 12.1 Å². The van der Waals surface area contributed by atoms with Gasteiger partial charge in [0.25, 0.3) is 5.69 Å². The van der Waals surface area contributed by atoms with E-state index >= 15 is 0 Å². The fraction of sp³-hybridized carbons (Fsp3) is 0.318. The van der Waals surface area contributed by atoms with E-state index in [0.717, 1.165) is 31.4 Å². The normalized spacial score (nSPS) is 21.2. The van der Waals surface area contributed by atoms with E-state index in [2.05, 4.69) is 40.0 Å². The number of nitro groups is 1. The number of methoxy groups -OCH3 is 1. The molecular weight excluding hydrogens is 356 g/mol. The SMILES string of the molecule is COC(=O)c1ccc(C2=CC3CCC(C2)N3Cc2ccccc2)c([N+](=O)[O-])c1. The molecule has 28 heavy (non-hydrogen) atoms. The second-order valence-electron chi connectivity index (χ2n) is 7.33. The minimum atomic E-state index is -0.568. The number of nitro benzene ring substituents is 1. The van der Waals surface area contributed by atoms with Crippen molar-refractivity contribution in [2.75, 3.05) is 7.11 Å². The van der Waals surface area contributed by atoms with Crippen molar-refractivity contribution < 1.29 is 14.5 Å². The van der Waals surface area contributed by atoms with Gasteiger partial charge in [0.15, 0.2) is 0 Å². The number of carbonyl (C=O) groups excluding carboxylic acids is 1. The van der Waals surface area contributed by atoms with Crippen LogP contribution in [-0.4, -0.2) is 35.0 Å². The highest BCUT2D eigenvalue weighted by molar-refractivity contribution is 5.91. The van der Waals surface area contributed by atoms with Crippen LogP contribution in [-0.2, 0) is 11.3 Å². The van der Waals surface area contributed by atoms with Gasteiger partial charge in [-0.3, -0.25) is 15.0 Å². The van der Waals surface area contributed by atoms with Crippen molar-refractivity contribution in [3.05, 3.63) is 81.4 Å². The predicted octanol–water partition coefficient (Wildman–Crippen LogP) is 4.20. The first-order valence-corrected chi connectivity index (χ1v) is 9.44. The van der Waals surface area contributed by atoms with Gasteiger partial charge in [0.05, 0.1) is 23.2 Å². The minimum Gasteiger partial charge on any atom is -0.465 e. The lowest BCUT2D eigenvalue weighted by Gasteiger charge is -2.34. The van der Waals surface area contributed by atoms with Crippen LogP contribution in [0.4, 0.5) is 5.69 Å². The lowest BCUT2D eigenvalue weighted by atomic mass is 9.92. The molecule has 2 unspecified atom stereocenters. The molecule has 0 N–H and O–H groups in total. The lowest BCUT2D eigenvalue weighted by molar-refractivity contribution is -0.385. The van der Waals surface area contributed by atoms with Gasteiger partial charge in [0.2, 0.25) is 0 Å². The quantitative estimate of drug-likeness (QED) is 0.443. The van der Waals surface area contributed by atoms with Gasteiger partial charge in [0.1, 0.15) is 0 Å². The van der Waals surface area contributed by atoms with Crippen LogP contribution in [0.1, 0.15) is 40.7 Å². The molecule has 2 aliphatic rings. The fourth-order valence-corrected chi connectivity index (χ4v) is 4.36. The highest BCUT2D eigenvalue weighted by Crippen LogP contribution is 2.41. The van der Waals surface area contributed by atoms with Crippen molar-refractivity contribution in [3.63, 3.8) is 0 Å². The van der Waals surface area contributed by atoms with E-state index in [1.165, 1.54) is 18.7 Å². The molecule has 0 radical (unpaired) electrons. The van der Waals surface area contributed by atoms with E-state index < -0.39 is 10.9 Å². The van der Waals surface area contributed by atoms with Crippen LogP contribution in [0.2, 0.25) is 0 Å². The average molecular weight is 378 g/mol. The number of fused-ring (bicyclic) bond motifs is 2. The highest BCUT2D eigenvalue weighted by atomic mass is 16.6. The highest BCUT2D eigenvalue weighted by Gasteiger charge is 2.37. The number of ether oxygens (including phenoxy) is 1. The number of rotatable bonds is 5. The zero-order chi connectivity index (χ0) is 19.7. The molecule has 2 aromatic carbocycles. The van der Waals surface area contributed by atoms with Crippen LogP contribution in [0.25, 0.3) is 5.57 Å². The third-order valence-corrected chi connectivity index (χ3v) is 5.71. The number of hydrogen-bond acceptors (Lipinski definition) is 5. The molecule has 2 atom stereocenters. The van der Waals surface area contributed by atoms with Crippen LogP contribution in [0.3, 0.4) is 0 Å². The number of nitrogens with zero attached hydrogens (tertiary/aromatic N) is 2. The maximum Gasteiger partial charge on any atom is 0.338 e. The fourth-order valence-electron chi connectivity index (χ4n) is 4.36. The molecular formula is C22H22N2O4. The Morgan fingerprint density at radius 1 is 1.21 bits per heavy atom. The Hall–Kier alpha value is -2.99. The molecule has 2 bridgehead atoms. The molecule has 2 heterocycles.